The Morgan fingerprint density at radius 1 is 1.15 bits per heavy atom. The number of fused-ring (bicyclic) bond motifs is 1. The first-order chi connectivity index (χ1) is 12.6. The second-order valence-corrected chi connectivity index (χ2v) is 7.13. The van der Waals surface area contributed by atoms with Crippen LogP contribution < -0.4 is 0 Å². The molecule has 1 amide bonds. The number of carbonyl (C=O) groups is 1. The van der Waals surface area contributed by atoms with Gasteiger partial charge in [-0.2, -0.15) is 0 Å². The molecule has 1 aliphatic heterocycles. The Morgan fingerprint density at radius 2 is 1.92 bits per heavy atom. The molecule has 2 aromatic carbocycles. The molecule has 0 aliphatic carbocycles. The number of piperidine rings is 1. The summed E-state index contributed by atoms with van der Waals surface area (Å²) in [5.74, 6) is -0.415. The van der Waals surface area contributed by atoms with Gasteiger partial charge in [-0.05, 0) is 43.0 Å². The van der Waals surface area contributed by atoms with E-state index in [4.69, 9.17) is 11.6 Å². The van der Waals surface area contributed by atoms with Crippen molar-refractivity contribution in [3.05, 3.63) is 65.2 Å². The number of halogens is 2. The minimum atomic E-state index is -0.561. The van der Waals surface area contributed by atoms with Gasteiger partial charge in [-0.1, -0.05) is 29.8 Å². The Hall–Kier alpha value is -2.40. The average Bonchev–Trinajstić information content (AvgIpc) is 3.05. The van der Waals surface area contributed by atoms with Crippen LogP contribution in [0.1, 0.15) is 23.2 Å². The smallest absolute Gasteiger partial charge is 0.258 e. The third-order valence-electron chi connectivity index (χ3n) is 5.06. The summed E-state index contributed by atoms with van der Waals surface area (Å²) < 4.78 is 16.2. The van der Waals surface area contributed by atoms with Crippen molar-refractivity contribution in [2.75, 3.05) is 13.1 Å². The fraction of sp³-hybridized carbons (Fsp3) is 0.300. The van der Waals surface area contributed by atoms with Crippen LogP contribution in [0.2, 0.25) is 5.02 Å². The fourth-order valence-corrected chi connectivity index (χ4v) is 3.86. The molecule has 0 unspecified atom stereocenters. The van der Waals surface area contributed by atoms with E-state index in [-0.39, 0.29) is 16.5 Å². The highest BCUT2D eigenvalue weighted by atomic mass is 35.5. The number of aromatic nitrogens is 2. The maximum absolute atomic E-state index is 14.0. The number of imidazole rings is 1. The maximum atomic E-state index is 14.0. The number of carbonyl (C=O) groups excluding carboxylic acids is 1. The summed E-state index contributed by atoms with van der Waals surface area (Å²) in [6, 6.07) is 12.4. The number of hydrogen-bond donors (Lipinski definition) is 0. The van der Waals surface area contributed by atoms with Crippen molar-refractivity contribution in [2.45, 2.75) is 19.4 Å². The molecule has 0 N–H and O–H groups in total. The Morgan fingerprint density at radius 3 is 2.69 bits per heavy atom. The summed E-state index contributed by atoms with van der Waals surface area (Å²) in [6.45, 7) is 2.10. The van der Waals surface area contributed by atoms with Crippen LogP contribution in [0.3, 0.4) is 0 Å². The second kappa shape index (κ2) is 7.08. The van der Waals surface area contributed by atoms with Crippen molar-refractivity contribution in [1.82, 2.24) is 14.5 Å². The quantitative estimate of drug-likeness (QED) is 0.685. The second-order valence-electron chi connectivity index (χ2n) is 6.72. The van der Waals surface area contributed by atoms with Crippen LogP contribution in [0.15, 0.2) is 48.8 Å². The third-order valence-corrected chi connectivity index (χ3v) is 5.38. The molecule has 0 atom stereocenters. The van der Waals surface area contributed by atoms with Crippen LogP contribution in [0.4, 0.5) is 4.39 Å². The Bertz CT molecular complexity index is 927. The van der Waals surface area contributed by atoms with E-state index in [1.54, 1.807) is 11.0 Å². The van der Waals surface area contributed by atoms with Crippen molar-refractivity contribution in [3.8, 4) is 0 Å². The molecule has 1 aromatic heterocycles. The molecule has 0 spiro atoms. The van der Waals surface area contributed by atoms with Gasteiger partial charge in [0.2, 0.25) is 0 Å². The van der Waals surface area contributed by atoms with Crippen LogP contribution in [-0.2, 0) is 6.54 Å². The maximum Gasteiger partial charge on any atom is 0.258 e. The summed E-state index contributed by atoms with van der Waals surface area (Å²) >= 11 is 6.02. The predicted molar refractivity (Wildman–Crippen MR) is 99.8 cm³/mol. The van der Waals surface area contributed by atoms with E-state index in [1.165, 1.54) is 12.1 Å². The van der Waals surface area contributed by atoms with Gasteiger partial charge in [-0.15, -0.1) is 0 Å². The van der Waals surface area contributed by atoms with Gasteiger partial charge in [0.25, 0.3) is 5.91 Å². The largest absolute Gasteiger partial charge is 0.338 e. The first kappa shape index (κ1) is 17.0. The lowest BCUT2D eigenvalue weighted by atomic mass is 9.96. The molecule has 3 aromatic rings. The number of benzene rings is 2. The molecule has 2 heterocycles. The number of likely N-dealkylation sites (tertiary alicyclic amines) is 1. The van der Waals surface area contributed by atoms with Crippen LogP contribution in [0, 0.1) is 11.7 Å². The average molecular weight is 372 g/mol. The standard InChI is InChI=1S/C20H19ClFN3O/c21-15-4-3-5-16(22)19(15)20(26)24-10-8-14(9-11-24)12-25-13-23-17-6-1-2-7-18(17)25/h1-7,13-14H,8-12H2. The monoisotopic (exact) mass is 371 g/mol. The Kier molecular flexibility index (Phi) is 4.64. The van der Waals surface area contributed by atoms with Crippen LogP contribution in [-0.4, -0.2) is 33.4 Å². The van der Waals surface area contributed by atoms with Crippen molar-refractivity contribution in [3.63, 3.8) is 0 Å². The summed E-state index contributed by atoms with van der Waals surface area (Å²) in [4.78, 5) is 18.8. The number of hydrogen-bond acceptors (Lipinski definition) is 2. The Balaban J connectivity index is 1.42. The van der Waals surface area contributed by atoms with Crippen molar-refractivity contribution in [1.29, 1.82) is 0 Å². The van der Waals surface area contributed by atoms with Crippen molar-refractivity contribution < 1.29 is 9.18 Å². The topological polar surface area (TPSA) is 38.1 Å². The minimum absolute atomic E-state index is 0.0202. The summed E-state index contributed by atoms with van der Waals surface area (Å²) in [6.07, 6.45) is 3.63. The lowest BCUT2D eigenvalue weighted by Gasteiger charge is -2.32. The predicted octanol–water partition coefficient (Wildman–Crippen LogP) is 4.38. The van der Waals surface area contributed by atoms with E-state index in [0.29, 0.717) is 19.0 Å². The number of para-hydroxylation sites is 2. The highest BCUT2D eigenvalue weighted by Crippen LogP contribution is 2.26. The van der Waals surface area contributed by atoms with Gasteiger partial charge in [0.05, 0.1) is 27.9 Å². The highest BCUT2D eigenvalue weighted by molar-refractivity contribution is 6.33. The summed E-state index contributed by atoms with van der Waals surface area (Å²) in [5, 5.41) is 0.169. The van der Waals surface area contributed by atoms with Gasteiger partial charge < -0.3 is 9.47 Å². The Labute approximate surface area is 156 Å². The fourth-order valence-electron chi connectivity index (χ4n) is 3.61. The molecule has 1 saturated heterocycles. The number of nitrogens with zero attached hydrogens (tertiary/aromatic N) is 3. The van der Waals surface area contributed by atoms with E-state index >= 15 is 0 Å². The molecule has 1 aliphatic rings. The van der Waals surface area contributed by atoms with Crippen LogP contribution >= 0.6 is 11.6 Å². The van der Waals surface area contributed by atoms with Crippen molar-refractivity contribution >= 4 is 28.5 Å². The molecule has 4 rings (SSSR count). The molecule has 0 saturated carbocycles. The molecular weight excluding hydrogens is 353 g/mol. The minimum Gasteiger partial charge on any atom is -0.338 e. The molecule has 6 heteroatoms. The van der Waals surface area contributed by atoms with Gasteiger partial charge in [0.1, 0.15) is 5.82 Å². The number of amides is 1. The molecule has 134 valence electrons. The lowest BCUT2D eigenvalue weighted by molar-refractivity contribution is 0.0679. The SMILES string of the molecule is O=C(c1c(F)cccc1Cl)N1CCC(Cn2cnc3ccccc32)CC1. The first-order valence-corrected chi connectivity index (χ1v) is 9.14. The van der Waals surface area contributed by atoms with E-state index < -0.39 is 5.82 Å². The third kappa shape index (κ3) is 3.19. The zero-order chi connectivity index (χ0) is 18.1. The van der Waals surface area contributed by atoms with Gasteiger partial charge in [0.15, 0.2) is 0 Å². The van der Waals surface area contributed by atoms with Gasteiger partial charge >= 0.3 is 0 Å². The zero-order valence-corrected chi connectivity index (χ0v) is 15.0. The summed E-state index contributed by atoms with van der Waals surface area (Å²) in [5.41, 5.74) is 2.10. The molecule has 1 fully saturated rings. The van der Waals surface area contributed by atoms with E-state index in [0.717, 1.165) is 30.4 Å². The normalized spacial score (nSPS) is 15.5. The number of rotatable bonds is 3. The van der Waals surface area contributed by atoms with Gasteiger partial charge in [0, 0.05) is 19.6 Å². The molecule has 26 heavy (non-hydrogen) atoms. The molecule has 0 bridgehead atoms. The first-order valence-electron chi connectivity index (χ1n) is 8.76. The van der Waals surface area contributed by atoms with Crippen LogP contribution in [0.25, 0.3) is 11.0 Å². The van der Waals surface area contributed by atoms with Gasteiger partial charge in [-0.3, -0.25) is 4.79 Å². The zero-order valence-electron chi connectivity index (χ0n) is 14.2. The van der Waals surface area contributed by atoms with Gasteiger partial charge in [-0.25, -0.2) is 9.37 Å². The molecule has 4 nitrogen and oxygen atoms in total. The van der Waals surface area contributed by atoms with Crippen molar-refractivity contribution in [2.24, 2.45) is 5.92 Å². The van der Waals surface area contributed by atoms with E-state index in [1.807, 2.05) is 24.5 Å². The lowest BCUT2D eigenvalue weighted by Crippen LogP contribution is -2.39. The highest BCUT2D eigenvalue weighted by Gasteiger charge is 2.27. The van der Waals surface area contributed by atoms with E-state index in [2.05, 4.69) is 15.6 Å². The molecular formula is C20H19ClFN3O. The van der Waals surface area contributed by atoms with E-state index in [9.17, 15) is 9.18 Å². The molecule has 0 radical (unpaired) electrons. The van der Waals surface area contributed by atoms with Crippen LogP contribution in [0.5, 0.6) is 0 Å². The summed E-state index contributed by atoms with van der Waals surface area (Å²) in [7, 11) is 0.